The lowest BCUT2D eigenvalue weighted by atomic mass is 9.99. The average molecular weight is 475 g/mol. The Morgan fingerprint density at radius 2 is 1.80 bits per heavy atom. The van der Waals surface area contributed by atoms with Gasteiger partial charge in [0, 0.05) is 31.0 Å². The molecule has 1 saturated heterocycles. The molecule has 7 nitrogen and oxygen atoms in total. The predicted octanol–water partition coefficient (Wildman–Crippen LogP) is 5.32. The van der Waals surface area contributed by atoms with Gasteiger partial charge in [-0.05, 0) is 61.4 Å². The van der Waals surface area contributed by atoms with Gasteiger partial charge < -0.3 is 19.2 Å². The molecular weight excluding hydrogens is 444 g/mol. The van der Waals surface area contributed by atoms with Crippen LogP contribution in [0.25, 0.3) is 5.76 Å². The van der Waals surface area contributed by atoms with Crippen LogP contribution in [0.15, 0.2) is 70.7 Å². The maximum atomic E-state index is 13.3. The number of hydrogen-bond acceptors (Lipinski definition) is 6. The molecule has 1 N–H and O–H groups in total. The van der Waals surface area contributed by atoms with Gasteiger partial charge in [-0.15, -0.1) is 0 Å². The quantitative estimate of drug-likeness (QED) is 0.284. The molecule has 1 aliphatic rings. The Morgan fingerprint density at radius 3 is 2.40 bits per heavy atom. The molecule has 35 heavy (non-hydrogen) atoms. The minimum Gasteiger partial charge on any atom is -0.507 e. The lowest BCUT2D eigenvalue weighted by Gasteiger charge is -2.24. The predicted molar refractivity (Wildman–Crippen MR) is 136 cm³/mol. The summed E-state index contributed by atoms with van der Waals surface area (Å²) in [6.45, 7) is 6.39. The van der Waals surface area contributed by atoms with E-state index in [1.165, 1.54) is 4.90 Å². The Hall–Kier alpha value is -4.00. The zero-order valence-corrected chi connectivity index (χ0v) is 20.6. The zero-order valence-electron chi connectivity index (χ0n) is 20.6. The van der Waals surface area contributed by atoms with Crippen LogP contribution >= 0.6 is 0 Å². The third kappa shape index (κ3) is 4.80. The van der Waals surface area contributed by atoms with Gasteiger partial charge in [0.25, 0.3) is 11.7 Å². The van der Waals surface area contributed by atoms with Crippen LogP contribution in [-0.2, 0) is 9.59 Å². The first-order chi connectivity index (χ1) is 16.7. The summed E-state index contributed by atoms with van der Waals surface area (Å²) in [6.07, 6.45) is 0. The number of furan rings is 1. The molecular formula is C28H30N2O5. The summed E-state index contributed by atoms with van der Waals surface area (Å²) >= 11 is 0. The minimum atomic E-state index is -0.908. The van der Waals surface area contributed by atoms with E-state index in [1.54, 1.807) is 55.5 Å². The Kier molecular flexibility index (Phi) is 6.69. The van der Waals surface area contributed by atoms with Crippen LogP contribution < -0.4 is 14.5 Å². The highest BCUT2D eigenvalue weighted by Gasteiger charge is 2.48. The summed E-state index contributed by atoms with van der Waals surface area (Å²) in [5.74, 6) is 0.164. The molecule has 2 aromatic carbocycles. The van der Waals surface area contributed by atoms with E-state index in [4.69, 9.17) is 9.15 Å². The van der Waals surface area contributed by atoms with E-state index in [1.807, 2.05) is 45.0 Å². The SMILES string of the molecule is Cc1ccc(C2/C(=C(/O)c3cccc(OCC(C)C)c3)C(=O)C(=O)N2c2ccc(N(C)C)cc2)o1. The maximum Gasteiger partial charge on any atom is 0.300 e. The van der Waals surface area contributed by atoms with Crippen molar-refractivity contribution in [3.8, 4) is 5.75 Å². The molecule has 0 aliphatic carbocycles. The van der Waals surface area contributed by atoms with Gasteiger partial charge in [0.05, 0.1) is 12.2 Å². The molecule has 1 aromatic heterocycles. The second-order valence-corrected chi connectivity index (χ2v) is 9.26. The van der Waals surface area contributed by atoms with Gasteiger partial charge in [0.2, 0.25) is 0 Å². The molecule has 182 valence electrons. The van der Waals surface area contributed by atoms with E-state index in [9.17, 15) is 14.7 Å². The summed E-state index contributed by atoms with van der Waals surface area (Å²) in [5.41, 5.74) is 1.85. The third-order valence-corrected chi connectivity index (χ3v) is 5.81. The lowest BCUT2D eigenvalue weighted by molar-refractivity contribution is -0.132. The molecule has 0 spiro atoms. The Labute approximate surface area is 205 Å². The van der Waals surface area contributed by atoms with Crippen LogP contribution in [0.4, 0.5) is 11.4 Å². The second kappa shape index (κ2) is 9.70. The highest BCUT2D eigenvalue weighted by Crippen LogP contribution is 2.43. The molecule has 2 heterocycles. The Morgan fingerprint density at radius 1 is 1.09 bits per heavy atom. The number of ketones is 1. The number of Topliss-reactive ketones (excluding diaryl/α,β-unsaturated/α-hetero) is 1. The van der Waals surface area contributed by atoms with Gasteiger partial charge in [0.1, 0.15) is 29.1 Å². The van der Waals surface area contributed by atoms with Crippen LogP contribution in [-0.4, -0.2) is 37.5 Å². The van der Waals surface area contributed by atoms with Crippen molar-refractivity contribution in [2.45, 2.75) is 26.8 Å². The fourth-order valence-electron chi connectivity index (χ4n) is 4.03. The van der Waals surface area contributed by atoms with Crippen molar-refractivity contribution in [1.29, 1.82) is 0 Å². The number of carbonyl (C=O) groups excluding carboxylic acids is 2. The van der Waals surface area contributed by atoms with Crippen LogP contribution in [0, 0.1) is 12.8 Å². The fraction of sp³-hybridized carbons (Fsp3) is 0.286. The molecule has 4 rings (SSSR count). The summed E-state index contributed by atoms with van der Waals surface area (Å²) < 4.78 is 11.6. The summed E-state index contributed by atoms with van der Waals surface area (Å²) in [4.78, 5) is 29.9. The van der Waals surface area contributed by atoms with Gasteiger partial charge in [-0.25, -0.2) is 0 Å². The van der Waals surface area contributed by atoms with Gasteiger partial charge in [-0.2, -0.15) is 0 Å². The van der Waals surface area contributed by atoms with E-state index < -0.39 is 17.7 Å². The van der Waals surface area contributed by atoms with Crippen molar-refractivity contribution in [2.75, 3.05) is 30.5 Å². The van der Waals surface area contributed by atoms with Crippen LogP contribution in [0.1, 0.15) is 37.0 Å². The van der Waals surface area contributed by atoms with Crippen molar-refractivity contribution in [3.05, 3.63) is 83.3 Å². The molecule has 0 radical (unpaired) electrons. The fourth-order valence-corrected chi connectivity index (χ4v) is 4.03. The van der Waals surface area contributed by atoms with Crippen molar-refractivity contribution in [1.82, 2.24) is 0 Å². The molecule has 1 unspecified atom stereocenters. The molecule has 1 atom stereocenters. The second-order valence-electron chi connectivity index (χ2n) is 9.26. The zero-order chi connectivity index (χ0) is 25.3. The largest absolute Gasteiger partial charge is 0.507 e. The monoisotopic (exact) mass is 474 g/mol. The summed E-state index contributed by atoms with van der Waals surface area (Å²) in [5, 5.41) is 11.3. The van der Waals surface area contributed by atoms with E-state index in [2.05, 4.69) is 0 Å². The molecule has 3 aromatic rings. The number of aliphatic hydroxyl groups excluding tert-OH is 1. The number of benzene rings is 2. The van der Waals surface area contributed by atoms with Gasteiger partial charge in [0.15, 0.2) is 0 Å². The van der Waals surface area contributed by atoms with E-state index >= 15 is 0 Å². The van der Waals surface area contributed by atoms with E-state index in [0.29, 0.717) is 41.0 Å². The third-order valence-electron chi connectivity index (χ3n) is 5.81. The molecule has 1 aliphatic heterocycles. The van der Waals surface area contributed by atoms with Crippen LogP contribution in [0.3, 0.4) is 0 Å². The van der Waals surface area contributed by atoms with E-state index in [0.717, 1.165) is 5.69 Å². The van der Waals surface area contributed by atoms with Gasteiger partial charge in [-0.3, -0.25) is 14.5 Å². The molecule has 1 fully saturated rings. The summed E-state index contributed by atoms with van der Waals surface area (Å²) in [6, 6.07) is 16.8. The number of amides is 1. The first-order valence-electron chi connectivity index (χ1n) is 11.6. The van der Waals surface area contributed by atoms with Crippen molar-refractivity contribution in [2.24, 2.45) is 5.92 Å². The number of aryl methyl sites for hydroxylation is 1. The van der Waals surface area contributed by atoms with Crippen LogP contribution in [0.2, 0.25) is 0 Å². The number of rotatable bonds is 7. The lowest BCUT2D eigenvalue weighted by Crippen LogP contribution is -2.29. The normalized spacial score (nSPS) is 17.3. The highest BCUT2D eigenvalue weighted by atomic mass is 16.5. The topological polar surface area (TPSA) is 83.2 Å². The van der Waals surface area contributed by atoms with Crippen molar-refractivity contribution in [3.63, 3.8) is 0 Å². The molecule has 7 heteroatoms. The van der Waals surface area contributed by atoms with Gasteiger partial charge >= 0.3 is 0 Å². The standard InChI is InChI=1S/C28H30N2O5/c1-17(2)16-34-22-8-6-7-19(15-22)26(31)24-25(23-14-9-18(3)35-23)30(28(33)27(24)32)21-12-10-20(11-13-21)29(4)5/h6-15,17,25,31H,16H2,1-5H3/b26-24-. The first kappa shape index (κ1) is 24.1. The minimum absolute atomic E-state index is 0.0259. The molecule has 0 bridgehead atoms. The Balaban J connectivity index is 1.82. The molecule has 0 saturated carbocycles. The van der Waals surface area contributed by atoms with Gasteiger partial charge in [-0.1, -0.05) is 26.0 Å². The number of carbonyl (C=O) groups is 2. The first-order valence-corrected chi connectivity index (χ1v) is 11.6. The van der Waals surface area contributed by atoms with Crippen molar-refractivity contribution < 1.29 is 23.8 Å². The number of nitrogens with zero attached hydrogens (tertiary/aromatic N) is 2. The molecule has 1 amide bonds. The number of ether oxygens (including phenoxy) is 1. The summed E-state index contributed by atoms with van der Waals surface area (Å²) in [7, 11) is 3.84. The average Bonchev–Trinajstić information content (AvgIpc) is 3.38. The van der Waals surface area contributed by atoms with Crippen LogP contribution in [0.5, 0.6) is 5.75 Å². The number of aliphatic hydroxyl groups is 1. The smallest absolute Gasteiger partial charge is 0.300 e. The Bertz CT molecular complexity index is 1270. The number of anilines is 2. The highest BCUT2D eigenvalue weighted by molar-refractivity contribution is 6.51. The maximum absolute atomic E-state index is 13.3. The van der Waals surface area contributed by atoms with E-state index in [-0.39, 0.29) is 11.3 Å². The number of hydrogen-bond donors (Lipinski definition) is 1. The van der Waals surface area contributed by atoms with Crippen molar-refractivity contribution >= 4 is 28.8 Å².